The van der Waals surface area contributed by atoms with Gasteiger partial charge in [-0.2, -0.15) is 0 Å². The van der Waals surface area contributed by atoms with E-state index in [0.717, 1.165) is 47.1 Å². The van der Waals surface area contributed by atoms with Gasteiger partial charge in [0.15, 0.2) is 26.5 Å². The second-order valence-electron chi connectivity index (χ2n) is 18.0. The molecule has 0 amide bonds. The molecule has 1 aromatic heterocycles. The van der Waals surface area contributed by atoms with Crippen molar-refractivity contribution >= 4 is 36.4 Å². The van der Waals surface area contributed by atoms with Crippen molar-refractivity contribution in [3.63, 3.8) is 0 Å². The first-order valence-electron chi connectivity index (χ1n) is 20.1. The minimum absolute atomic E-state index is 0.0211. The van der Waals surface area contributed by atoms with Crippen LogP contribution < -0.4 is 9.47 Å². The summed E-state index contributed by atoms with van der Waals surface area (Å²) in [7, 11) is 2.54. The van der Waals surface area contributed by atoms with Crippen LogP contribution in [0.2, 0.25) is 18.1 Å². The van der Waals surface area contributed by atoms with Crippen LogP contribution in [0.1, 0.15) is 83.6 Å². The Morgan fingerprint density at radius 2 is 1.74 bits per heavy atom. The van der Waals surface area contributed by atoms with E-state index in [4.69, 9.17) is 23.2 Å². The molecule has 1 saturated heterocycles. The van der Waals surface area contributed by atoms with E-state index in [-0.39, 0.29) is 41.2 Å². The number of aliphatic hydroxyl groups is 1. The van der Waals surface area contributed by atoms with Gasteiger partial charge in [0.25, 0.3) is 5.88 Å². The molecule has 0 unspecified atom stereocenters. The smallest absolute Gasteiger partial charge is 0.265 e. The standard InChI is InChI=1S/C45H55N3O8Si/c1-26-31-20-28(23-48-18-13-19-48)16-17-30(31)39(54-25-52-7)32-21-29-22-33-37(47(5)6)40-36(43(46-55-40)53-24-27-14-11-10-12-15-27)42(51)45(33,56-57(8,9)44(2,3)4)41(50)35(29)38(49)34(26)32/h10-12,14-17,20,29,33,37,49H,13,18-19,21-25H2,1-9H3/t29-,33-,37-,45-/m0/s1. The molecule has 3 aromatic carbocycles. The van der Waals surface area contributed by atoms with Crippen LogP contribution in [0, 0.1) is 18.8 Å². The number of carbonyl (C=O) groups is 2. The zero-order valence-corrected chi connectivity index (χ0v) is 35.7. The number of ketones is 2. The topological polar surface area (TPSA) is 124 Å². The Morgan fingerprint density at radius 3 is 2.39 bits per heavy atom. The van der Waals surface area contributed by atoms with Crippen molar-refractivity contribution in [3.8, 4) is 11.6 Å². The zero-order chi connectivity index (χ0) is 40.6. The summed E-state index contributed by atoms with van der Waals surface area (Å²) >= 11 is 0. The van der Waals surface area contributed by atoms with Crippen LogP contribution in [0.5, 0.6) is 11.6 Å². The molecule has 1 N–H and O–H groups in total. The fourth-order valence-corrected chi connectivity index (χ4v) is 10.7. The van der Waals surface area contributed by atoms with Crippen LogP contribution in [0.3, 0.4) is 0 Å². The summed E-state index contributed by atoms with van der Waals surface area (Å²) in [4.78, 5) is 35.8. The lowest BCUT2D eigenvalue weighted by Gasteiger charge is -2.55. The predicted octanol–water partition coefficient (Wildman–Crippen LogP) is 8.19. The first kappa shape index (κ1) is 39.5. The zero-order valence-electron chi connectivity index (χ0n) is 34.7. The number of hydrogen-bond acceptors (Lipinski definition) is 11. The summed E-state index contributed by atoms with van der Waals surface area (Å²) in [5.74, 6) is -1.23. The third-order valence-electron chi connectivity index (χ3n) is 13.3. The summed E-state index contributed by atoms with van der Waals surface area (Å²) in [6, 6.07) is 15.5. The minimum atomic E-state index is -2.88. The number of aryl methyl sites for hydroxylation is 1. The highest BCUT2D eigenvalue weighted by atomic mass is 28.4. The number of ether oxygens (including phenoxy) is 3. The van der Waals surface area contributed by atoms with Crippen molar-refractivity contribution in [2.75, 3.05) is 41.1 Å². The van der Waals surface area contributed by atoms with Gasteiger partial charge in [0.1, 0.15) is 23.7 Å². The van der Waals surface area contributed by atoms with Crippen LogP contribution in [0.25, 0.3) is 16.5 Å². The molecule has 3 aliphatic carbocycles. The second kappa shape index (κ2) is 14.5. The monoisotopic (exact) mass is 793 g/mol. The van der Waals surface area contributed by atoms with Gasteiger partial charge < -0.3 is 28.3 Å². The lowest BCUT2D eigenvalue weighted by molar-refractivity contribution is -0.140. The molecule has 8 rings (SSSR count). The van der Waals surface area contributed by atoms with Crippen molar-refractivity contribution in [2.24, 2.45) is 11.8 Å². The van der Waals surface area contributed by atoms with Crippen LogP contribution in [-0.4, -0.2) is 86.6 Å². The highest BCUT2D eigenvalue weighted by Gasteiger charge is 2.69. The maximum atomic E-state index is 15.9. The maximum absolute atomic E-state index is 15.9. The molecule has 0 radical (unpaired) electrons. The van der Waals surface area contributed by atoms with E-state index in [1.807, 2.05) is 56.3 Å². The van der Waals surface area contributed by atoms with E-state index in [0.29, 0.717) is 29.9 Å². The number of aliphatic hydroxyl groups excluding tert-OH is 1. The molecule has 302 valence electrons. The van der Waals surface area contributed by atoms with Gasteiger partial charge in [-0.3, -0.25) is 19.4 Å². The van der Waals surface area contributed by atoms with Crippen molar-refractivity contribution < 1.29 is 37.9 Å². The summed E-state index contributed by atoms with van der Waals surface area (Å²) in [5.41, 5.74) is 2.69. The predicted molar refractivity (Wildman–Crippen MR) is 220 cm³/mol. The number of methoxy groups -OCH3 is 1. The number of aromatic nitrogens is 1. The highest BCUT2D eigenvalue weighted by Crippen LogP contribution is 2.59. The van der Waals surface area contributed by atoms with E-state index in [1.54, 1.807) is 7.11 Å². The number of likely N-dealkylation sites (tertiary alicyclic amines) is 1. The molecule has 1 saturated carbocycles. The SMILES string of the molecule is COCOc1c2c(c(C)c3cc(CN4CCC4)ccc13)C(O)=C1C(=O)[C@]3(O[Si](C)(C)C(C)(C)C)C(=O)c4c(OCc5ccccc5)noc4[C@@H](N(C)C)[C@@H]3C[C@@H]1C2. The van der Waals surface area contributed by atoms with Gasteiger partial charge in [0.05, 0.1) is 6.04 Å². The quantitative estimate of drug-likeness (QED) is 0.0898. The van der Waals surface area contributed by atoms with Crippen LogP contribution in [0.15, 0.2) is 58.6 Å². The number of fused-ring (bicyclic) bond motifs is 5. The largest absolute Gasteiger partial charge is 0.507 e. The molecule has 4 aliphatic rings. The van der Waals surface area contributed by atoms with Gasteiger partial charge in [0, 0.05) is 41.7 Å². The van der Waals surface area contributed by atoms with Crippen molar-refractivity contribution in [1.29, 1.82) is 0 Å². The van der Waals surface area contributed by atoms with E-state index >= 15 is 9.59 Å². The lowest BCUT2D eigenvalue weighted by Crippen LogP contribution is -2.68. The van der Waals surface area contributed by atoms with Gasteiger partial charge in [-0.05, 0) is 111 Å². The third kappa shape index (κ3) is 6.35. The molecule has 4 atom stereocenters. The van der Waals surface area contributed by atoms with Gasteiger partial charge in [-0.1, -0.05) is 63.2 Å². The fraction of sp³-hybridized carbons (Fsp3) is 0.489. The number of carbonyl (C=O) groups excluding carboxylic acids is 2. The Hall–Kier alpha value is -4.33. The van der Waals surface area contributed by atoms with Crippen molar-refractivity contribution in [2.45, 2.75) is 89.9 Å². The van der Waals surface area contributed by atoms with Crippen LogP contribution in [0.4, 0.5) is 0 Å². The highest BCUT2D eigenvalue weighted by molar-refractivity contribution is 6.74. The van der Waals surface area contributed by atoms with E-state index in [9.17, 15) is 5.11 Å². The van der Waals surface area contributed by atoms with E-state index in [1.165, 1.54) is 12.0 Å². The van der Waals surface area contributed by atoms with Gasteiger partial charge >= 0.3 is 0 Å². The molecule has 12 heteroatoms. The average molecular weight is 794 g/mol. The van der Waals surface area contributed by atoms with E-state index < -0.39 is 43.4 Å². The Balaban J connectivity index is 1.32. The molecular weight excluding hydrogens is 739 g/mol. The number of benzene rings is 3. The van der Waals surface area contributed by atoms with Crippen LogP contribution in [-0.2, 0) is 33.5 Å². The molecule has 2 fully saturated rings. The number of nitrogens with zero attached hydrogens (tertiary/aromatic N) is 3. The van der Waals surface area contributed by atoms with Gasteiger partial charge in [0.2, 0.25) is 11.6 Å². The third-order valence-corrected chi connectivity index (χ3v) is 17.7. The fourth-order valence-electron chi connectivity index (χ4n) is 9.27. The molecular formula is C45H55N3O8Si. The van der Waals surface area contributed by atoms with Crippen LogP contribution >= 0.6 is 0 Å². The van der Waals surface area contributed by atoms with Gasteiger partial charge in [-0.15, -0.1) is 0 Å². The summed E-state index contributed by atoms with van der Waals surface area (Å²) in [6.07, 6.45) is 1.98. The van der Waals surface area contributed by atoms with Crippen molar-refractivity contribution in [3.05, 3.63) is 93.2 Å². The Morgan fingerprint density at radius 1 is 1.00 bits per heavy atom. The summed E-state index contributed by atoms with van der Waals surface area (Å²) < 4.78 is 31.4. The minimum Gasteiger partial charge on any atom is -0.507 e. The first-order valence-corrected chi connectivity index (χ1v) is 23.0. The average Bonchev–Trinajstić information content (AvgIpc) is 3.56. The molecule has 2 heterocycles. The Labute approximate surface area is 336 Å². The maximum Gasteiger partial charge on any atom is 0.265 e. The molecule has 4 aromatic rings. The number of Topliss-reactive ketones (excluding diaryl/α,β-unsaturated/α-hetero) is 2. The normalized spacial score (nSPS) is 23.6. The van der Waals surface area contributed by atoms with Gasteiger partial charge in [-0.25, -0.2) is 0 Å². The molecule has 0 spiro atoms. The van der Waals surface area contributed by atoms with Crippen molar-refractivity contribution in [1.82, 2.24) is 15.0 Å². The molecule has 11 nitrogen and oxygen atoms in total. The molecule has 0 bridgehead atoms. The summed E-state index contributed by atoms with van der Waals surface area (Å²) in [6.45, 7) is 15.6. The Bertz CT molecular complexity index is 2270. The Kier molecular flexibility index (Phi) is 10.0. The first-order chi connectivity index (χ1) is 27.1. The number of hydrogen-bond donors (Lipinski definition) is 1. The second-order valence-corrected chi connectivity index (χ2v) is 22.8. The lowest BCUT2D eigenvalue weighted by atomic mass is 9.57. The summed E-state index contributed by atoms with van der Waals surface area (Å²) in [5, 5.41) is 18.5. The number of rotatable bonds is 11. The molecule has 57 heavy (non-hydrogen) atoms. The van der Waals surface area contributed by atoms with E-state index in [2.05, 4.69) is 62.1 Å². The molecule has 1 aliphatic heterocycles.